The third-order valence-corrected chi connectivity index (χ3v) is 1.27. The molecule has 68 valence electrons. The molecule has 0 rings (SSSR count). The third kappa shape index (κ3) is 5.56. The number of nitroso groups, excluding NO2 is 1. The normalized spacial score (nSPS) is 10.5. The lowest BCUT2D eigenvalue weighted by Gasteiger charge is -1.90. The predicted octanol–water partition coefficient (Wildman–Crippen LogP) is 3.51. The van der Waals surface area contributed by atoms with E-state index >= 15 is 0 Å². The van der Waals surface area contributed by atoms with Crippen molar-refractivity contribution in [3.63, 3.8) is 0 Å². The van der Waals surface area contributed by atoms with E-state index in [9.17, 15) is 4.91 Å². The molecule has 0 atom stereocenters. The molecule has 0 amide bonds. The molecule has 0 aromatic carbocycles. The summed E-state index contributed by atoms with van der Waals surface area (Å²) >= 11 is 0. The summed E-state index contributed by atoms with van der Waals surface area (Å²) in [7, 11) is 0. The molecule has 0 unspecified atom stereocenters. The summed E-state index contributed by atoms with van der Waals surface area (Å²) < 4.78 is 0. The highest BCUT2D eigenvalue weighted by Gasteiger charge is 1.92. The van der Waals surface area contributed by atoms with Gasteiger partial charge in [-0.15, -0.1) is 4.91 Å². The standard InChI is InChI=1S/C11H13NO/c1-9(2)7-5-6-8-10(3)11(4)12-13/h5-8H,1,3-4H2,2H3/b7-5-,8-6-. The molecule has 0 aliphatic heterocycles. The monoisotopic (exact) mass is 175 g/mol. The van der Waals surface area contributed by atoms with Crippen LogP contribution in [0, 0.1) is 4.91 Å². The quantitative estimate of drug-likeness (QED) is 0.464. The van der Waals surface area contributed by atoms with Gasteiger partial charge < -0.3 is 0 Å². The molecular formula is C11H13NO. The molecule has 0 heterocycles. The molecule has 0 spiro atoms. The van der Waals surface area contributed by atoms with E-state index < -0.39 is 0 Å². The summed E-state index contributed by atoms with van der Waals surface area (Å²) in [6.45, 7) is 12.6. The van der Waals surface area contributed by atoms with Crippen molar-refractivity contribution in [3.05, 3.63) is 65.8 Å². The Balaban J connectivity index is 4.13. The minimum Gasteiger partial charge on any atom is -0.145 e. The van der Waals surface area contributed by atoms with Gasteiger partial charge >= 0.3 is 0 Å². The summed E-state index contributed by atoms with van der Waals surface area (Å²) in [5.74, 6) is 0. The molecule has 0 aromatic rings. The van der Waals surface area contributed by atoms with Crippen LogP contribution in [0.1, 0.15) is 6.92 Å². The van der Waals surface area contributed by atoms with Crippen molar-refractivity contribution in [3.8, 4) is 0 Å². The molecule has 0 aromatic heterocycles. The summed E-state index contributed by atoms with van der Waals surface area (Å²) in [5, 5.41) is 2.67. The highest BCUT2D eigenvalue weighted by atomic mass is 16.3. The van der Waals surface area contributed by atoms with Crippen molar-refractivity contribution < 1.29 is 0 Å². The highest BCUT2D eigenvalue weighted by molar-refractivity contribution is 5.36. The first-order chi connectivity index (χ1) is 6.07. The molecule has 0 aliphatic carbocycles. The van der Waals surface area contributed by atoms with Crippen molar-refractivity contribution in [2.75, 3.05) is 0 Å². The zero-order valence-electron chi connectivity index (χ0n) is 7.79. The van der Waals surface area contributed by atoms with Gasteiger partial charge in [-0.05, 0) is 17.7 Å². The van der Waals surface area contributed by atoms with Crippen molar-refractivity contribution >= 4 is 0 Å². The van der Waals surface area contributed by atoms with Gasteiger partial charge in [0.15, 0.2) is 0 Å². The van der Waals surface area contributed by atoms with Gasteiger partial charge in [0.05, 0.1) is 0 Å². The SMILES string of the molecule is C=C(C)/C=C\C=C/C(=C)C(=C)N=O. The second kappa shape index (κ2) is 5.89. The zero-order valence-corrected chi connectivity index (χ0v) is 7.79. The molecule has 2 heteroatoms. The van der Waals surface area contributed by atoms with Crippen LogP contribution >= 0.6 is 0 Å². The second-order valence-electron chi connectivity index (χ2n) is 2.63. The van der Waals surface area contributed by atoms with Gasteiger partial charge in [0.2, 0.25) is 0 Å². The van der Waals surface area contributed by atoms with Crippen LogP contribution in [0.25, 0.3) is 0 Å². The third-order valence-electron chi connectivity index (χ3n) is 1.27. The molecule has 0 radical (unpaired) electrons. The van der Waals surface area contributed by atoms with Gasteiger partial charge in [-0.25, -0.2) is 0 Å². The minimum absolute atomic E-state index is 0.153. The van der Waals surface area contributed by atoms with E-state index in [1.54, 1.807) is 12.2 Å². The molecule has 0 aliphatic rings. The van der Waals surface area contributed by atoms with Crippen LogP contribution in [-0.4, -0.2) is 0 Å². The molecule has 13 heavy (non-hydrogen) atoms. The minimum atomic E-state index is 0.153. The molecule has 2 nitrogen and oxygen atoms in total. The van der Waals surface area contributed by atoms with Crippen LogP contribution in [0.4, 0.5) is 0 Å². The molecule has 0 saturated carbocycles. The fraction of sp³-hybridized carbons (Fsp3) is 0.0909. The van der Waals surface area contributed by atoms with Gasteiger partial charge in [0, 0.05) is 0 Å². The van der Waals surface area contributed by atoms with Crippen LogP contribution in [0.15, 0.2) is 66.1 Å². The summed E-state index contributed by atoms with van der Waals surface area (Å²) in [4.78, 5) is 10.0. The smallest absolute Gasteiger partial charge is 0.107 e. The Morgan fingerprint density at radius 1 is 1.15 bits per heavy atom. The Kier molecular flexibility index (Phi) is 5.12. The first-order valence-corrected chi connectivity index (χ1v) is 3.79. The van der Waals surface area contributed by atoms with Gasteiger partial charge in [-0.3, -0.25) is 0 Å². The Morgan fingerprint density at radius 2 is 1.69 bits per heavy atom. The van der Waals surface area contributed by atoms with E-state index in [1.807, 2.05) is 19.1 Å². The second-order valence-corrected chi connectivity index (χ2v) is 2.63. The largest absolute Gasteiger partial charge is 0.145 e. The molecule has 0 fully saturated rings. The number of hydrogen-bond donors (Lipinski definition) is 0. The first kappa shape index (κ1) is 11.3. The summed E-state index contributed by atoms with van der Waals surface area (Å²) in [5.41, 5.74) is 1.63. The van der Waals surface area contributed by atoms with E-state index in [4.69, 9.17) is 0 Å². The number of rotatable bonds is 5. The number of nitrogens with zero attached hydrogens (tertiary/aromatic N) is 1. The van der Waals surface area contributed by atoms with E-state index in [1.165, 1.54) is 0 Å². The van der Waals surface area contributed by atoms with Crippen LogP contribution in [0.2, 0.25) is 0 Å². The Labute approximate surface area is 78.6 Å². The maximum Gasteiger partial charge on any atom is 0.107 e. The Morgan fingerprint density at radius 3 is 2.15 bits per heavy atom. The zero-order chi connectivity index (χ0) is 10.3. The predicted molar refractivity (Wildman–Crippen MR) is 57.2 cm³/mol. The van der Waals surface area contributed by atoms with E-state index in [0.29, 0.717) is 5.57 Å². The van der Waals surface area contributed by atoms with E-state index in [2.05, 4.69) is 24.9 Å². The first-order valence-electron chi connectivity index (χ1n) is 3.79. The summed E-state index contributed by atoms with van der Waals surface area (Å²) in [6, 6.07) is 0. The highest BCUT2D eigenvalue weighted by Crippen LogP contribution is 2.07. The fourth-order valence-corrected chi connectivity index (χ4v) is 0.546. The lowest BCUT2D eigenvalue weighted by atomic mass is 10.2. The summed E-state index contributed by atoms with van der Waals surface area (Å²) in [6.07, 6.45) is 7.09. The fourth-order valence-electron chi connectivity index (χ4n) is 0.546. The van der Waals surface area contributed by atoms with Gasteiger partial charge in [-0.2, -0.15) is 0 Å². The van der Waals surface area contributed by atoms with Crippen LogP contribution < -0.4 is 0 Å². The molecular weight excluding hydrogens is 162 g/mol. The lowest BCUT2D eigenvalue weighted by molar-refractivity contribution is 1.35. The molecule has 0 bridgehead atoms. The van der Waals surface area contributed by atoms with Crippen LogP contribution in [0.5, 0.6) is 0 Å². The van der Waals surface area contributed by atoms with Crippen molar-refractivity contribution in [2.24, 2.45) is 5.18 Å². The van der Waals surface area contributed by atoms with Crippen molar-refractivity contribution in [1.82, 2.24) is 0 Å². The maximum absolute atomic E-state index is 10.0. The van der Waals surface area contributed by atoms with Crippen molar-refractivity contribution in [2.45, 2.75) is 6.92 Å². The van der Waals surface area contributed by atoms with E-state index in [0.717, 1.165) is 5.57 Å². The maximum atomic E-state index is 10.0. The van der Waals surface area contributed by atoms with E-state index in [-0.39, 0.29) is 5.70 Å². The van der Waals surface area contributed by atoms with Crippen LogP contribution in [-0.2, 0) is 0 Å². The topological polar surface area (TPSA) is 29.4 Å². The van der Waals surface area contributed by atoms with Gasteiger partial charge in [0.25, 0.3) is 0 Å². The molecule has 0 N–H and O–H groups in total. The van der Waals surface area contributed by atoms with Crippen molar-refractivity contribution in [1.29, 1.82) is 0 Å². The number of allylic oxidation sites excluding steroid dienone is 5. The average molecular weight is 175 g/mol. The van der Waals surface area contributed by atoms with Gasteiger partial charge in [-0.1, -0.05) is 49.6 Å². The number of hydrogen-bond acceptors (Lipinski definition) is 2. The average Bonchev–Trinajstić information content (AvgIpc) is 2.10. The Bertz CT molecular complexity index is 295. The Hall–Kier alpha value is -1.70. The van der Waals surface area contributed by atoms with Crippen LogP contribution in [0.3, 0.4) is 0 Å². The lowest BCUT2D eigenvalue weighted by Crippen LogP contribution is -1.75. The van der Waals surface area contributed by atoms with Gasteiger partial charge in [0.1, 0.15) is 5.70 Å². The molecule has 0 saturated heterocycles.